The molecule has 0 radical (unpaired) electrons. The lowest BCUT2D eigenvalue weighted by atomic mass is 9.98. The Kier molecular flexibility index (Phi) is 5.63. The molecule has 0 aliphatic carbocycles. The quantitative estimate of drug-likeness (QED) is 0.869. The molecule has 5 heteroatoms. The van der Waals surface area contributed by atoms with Crippen LogP contribution in [0.25, 0.3) is 0 Å². The van der Waals surface area contributed by atoms with Gasteiger partial charge in [0.25, 0.3) is 0 Å². The molecule has 1 aliphatic heterocycles. The summed E-state index contributed by atoms with van der Waals surface area (Å²) in [6.07, 6.45) is 0.526. The van der Waals surface area contributed by atoms with Gasteiger partial charge in [-0.1, -0.05) is 23.7 Å². The highest BCUT2D eigenvalue weighted by atomic mass is 35.5. The predicted molar refractivity (Wildman–Crippen MR) is 87.5 cm³/mol. The zero-order chi connectivity index (χ0) is 15.6. The van der Waals surface area contributed by atoms with Crippen LogP contribution >= 0.6 is 11.6 Å². The van der Waals surface area contributed by atoms with Crippen LogP contribution in [0.5, 0.6) is 0 Å². The Hall–Kier alpha value is -0.650. The first-order valence-corrected chi connectivity index (χ1v) is 7.86. The monoisotopic (exact) mass is 311 g/mol. The van der Waals surface area contributed by atoms with E-state index in [-0.39, 0.29) is 18.2 Å². The number of halogens is 1. The van der Waals surface area contributed by atoms with Crippen LogP contribution in [-0.4, -0.2) is 60.3 Å². The van der Waals surface area contributed by atoms with Crippen molar-refractivity contribution in [1.82, 2.24) is 9.80 Å². The minimum atomic E-state index is -0.275. The molecule has 1 fully saturated rings. The van der Waals surface area contributed by atoms with E-state index in [1.54, 1.807) is 0 Å². The maximum absolute atomic E-state index is 10.1. The van der Waals surface area contributed by atoms with E-state index in [9.17, 15) is 5.11 Å². The lowest BCUT2D eigenvalue weighted by molar-refractivity contribution is 0.123. The van der Waals surface area contributed by atoms with Crippen LogP contribution in [-0.2, 0) is 0 Å². The first-order chi connectivity index (χ1) is 9.88. The molecule has 21 heavy (non-hydrogen) atoms. The van der Waals surface area contributed by atoms with Crippen molar-refractivity contribution >= 4 is 11.6 Å². The van der Waals surface area contributed by atoms with Crippen molar-refractivity contribution in [1.29, 1.82) is 0 Å². The number of aliphatic hydroxyl groups is 1. The van der Waals surface area contributed by atoms with E-state index in [0.29, 0.717) is 12.6 Å². The van der Waals surface area contributed by atoms with Crippen molar-refractivity contribution in [2.45, 2.75) is 37.6 Å². The highest BCUT2D eigenvalue weighted by Gasteiger charge is 2.37. The fraction of sp³-hybridized carbons (Fsp3) is 0.625. The van der Waals surface area contributed by atoms with Gasteiger partial charge in [0.2, 0.25) is 0 Å². The molecule has 118 valence electrons. The molecule has 1 heterocycles. The van der Waals surface area contributed by atoms with E-state index >= 15 is 0 Å². The van der Waals surface area contributed by atoms with Crippen LogP contribution in [0.2, 0.25) is 5.02 Å². The molecule has 4 nitrogen and oxygen atoms in total. The number of likely N-dealkylation sites (N-methyl/N-ethyl adjacent to an activating group) is 1. The summed E-state index contributed by atoms with van der Waals surface area (Å²) in [5, 5.41) is 10.8. The van der Waals surface area contributed by atoms with Crippen LogP contribution in [0.3, 0.4) is 0 Å². The molecule has 1 saturated heterocycles. The molecule has 0 amide bonds. The molecular formula is C16H26ClN3O. The van der Waals surface area contributed by atoms with Crippen LogP contribution in [0.4, 0.5) is 0 Å². The summed E-state index contributed by atoms with van der Waals surface area (Å²) in [5.74, 6) is 0. The van der Waals surface area contributed by atoms with Gasteiger partial charge >= 0.3 is 0 Å². The van der Waals surface area contributed by atoms with Crippen molar-refractivity contribution < 1.29 is 5.11 Å². The minimum Gasteiger partial charge on any atom is -0.392 e. The number of rotatable bonds is 5. The van der Waals surface area contributed by atoms with E-state index in [2.05, 4.69) is 23.9 Å². The van der Waals surface area contributed by atoms with E-state index in [1.165, 1.54) is 0 Å². The smallest absolute Gasteiger partial charge is 0.0682 e. The zero-order valence-electron chi connectivity index (χ0n) is 13.0. The largest absolute Gasteiger partial charge is 0.392 e. The fourth-order valence-corrected chi connectivity index (χ4v) is 3.44. The number of aliphatic hydroxyl groups excluding tert-OH is 1. The molecular weight excluding hydrogens is 286 g/mol. The molecule has 0 spiro atoms. The summed E-state index contributed by atoms with van der Waals surface area (Å²) in [5.41, 5.74) is 7.41. The normalized spacial score (nSPS) is 26.2. The average Bonchev–Trinajstić information content (AvgIpc) is 2.71. The summed E-state index contributed by atoms with van der Waals surface area (Å²) >= 11 is 5.98. The average molecular weight is 312 g/mol. The predicted octanol–water partition coefficient (Wildman–Crippen LogP) is 1.73. The molecule has 1 aromatic rings. The van der Waals surface area contributed by atoms with Gasteiger partial charge in [-0.3, -0.25) is 4.90 Å². The van der Waals surface area contributed by atoms with Crippen molar-refractivity contribution in [3.05, 3.63) is 34.9 Å². The Balaban J connectivity index is 2.25. The summed E-state index contributed by atoms with van der Waals surface area (Å²) in [6, 6.07) is 8.29. The number of hydrogen-bond acceptors (Lipinski definition) is 4. The van der Waals surface area contributed by atoms with Gasteiger partial charge in [0.1, 0.15) is 0 Å². The summed E-state index contributed by atoms with van der Waals surface area (Å²) in [6.45, 7) is 3.62. The van der Waals surface area contributed by atoms with Crippen LogP contribution in [0.15, 0.2) is 24.3 Å². The lowest BCUT2D eigenvalue weighted by Crippen LogP contribution is -2.45. The molecule has 0 bridgehead atoms. The van der Waals surface area contributed by atoms with Gasteiger partial charge in [-0.15, -0.1) is 0 Å². The maximum Gasteiger partial charge on any atom is 0.0682 e. The Labute approximate surface area is 132 Å². The summed E-state index contributed by atoms with van der Waals surface area (Å²) in [4.78, 5) is 4.51. The van der Waals surface area contributed by atoms with E-state index in [1.807, 2.05) is 31.2 Å². The highest BCUT2D eigenvalue weighted by molar-refractivity contribution is 6.30. The molecule has 0 saturated carbocycles. The van der Waals surface area contributed by atoms with E-state index in [4.69, 9.17) is 17.3 Å². The number of hydrogen-bond donors (Lipinski definition) is 2. The number of nitrogens with zero attached hydrogens (tertiary/aromatic N) is 2. The number of benzene rings is 1. The van der Waals surface area contributed by atoms with Crippen LogP contribution < -0.4 is 5.73 Å². The molecule has 2 rings (SSSR count). The molecule has 1 aliphatic rings. The van der Waals surface area contributed by atoms with Crippen molar-refractivity contribution in [2.24, 2.45) is 5.73 Å². The number of likely N-dealkylation sites (tertiary alicyclic amines) is 1. The Morgan fingerprint density at radius 3 is 2.52 bits per heavy atom. The molecule has 1 aromatic carbocycles. The fourth-order valence-electron chi connectivity index (χ4n) is 3.32. The lowest BCUT2D eigenvalue weighted by Gasteiger charge is -2.36. The van der Waals surface area contributed by atoms with Crippen molar-refractivity contribution in [3.8, 4) is 0 Å². The standard InChI is InChI=1S/C16H26ClN3O/c1-11(18)16(12-4-6-13(17)7-5-12)20-10-15(21)8-14(20)9-19(2)3/h4-7,11,14-16,21H,8-10,18H2,1-3H3. The molecule has 0 aromatic heterocycles. The zero-order valence-corrected chi connectivity index (χ0v) is 13.8. The molecule has 3 N–H and O–H groups in total. The van der Waals surface area contributed by atoms with Crippen molar-refractivity contribution in [3.63, 3.8) is 0 Å². The first kappa shape index (κ1) is 16.7. The Bertz CT molecular complexity index is 449. The van der Waals surface area contributed by atoms with E-state index in [0.717, 1.165) is 23.6 Å². The van der Waals surface area contributed by atoms with Gasteiger partial charge in [0, 0.05) is 30.2 Å². The second-order valence-corrected chi connectivity index (χ2v) is 6.79. The molecule has 4 unspecified atom stereocenters. The van der Waals surface area contributed by atoms with Gasteiger partial charge in [-0.2, -0.15) is 0 Å². The third-order valence-corrected chi connectivity index (χ3v) is 4.33. The van der Waals surface area contributed by atoms with Crippen molar-refractivity contribution in [2.75, 3.05) is 27.2 Å². The maximum atomic E-state index is 10.1. The van der Waals surface area contributed by atoms with Crippen LogP contribution in [0, 0.1) is 0 Å². The SMILES string of the molecule is CC(N)C(c1ccc(Cl)cc1)N1CC(O)CC1CN(C)C. The van der Waals surface area contributed by atoms with Gasteiger partial charge in [0.15, 0.2) is 0 Å². The summed E-state index contributed by atoms with van der Waals surface area (Å²) in [7, 11) is 4.12. The molecule has 4 atom stereocenters. The number of nitrogens with two attached hydrogens (primary N) is 1. The second-order valence-electron chi connectivity index (χ2n) is 6.36. The highest BCUT2D eigenvalue weighted by Crippen LogP contribution is 2.32. The summed E-state index contributed by atoms with van der Waals surface area (Å²) < 4.78 is 0. The van der Waals surface area contributed by atoms with Gasteiger partial charge in [-0.25, -0.2) is 0 Å². The van der Waals surface area contributed by atoms with E-state index < -0.39 is 0 Å². The van der Waals surface area contributed by atoms with Gasteiger partial charge in [0.05, 0.1) is 12.1 Å². The van der Waals surface area contributed by atoms with Gasteiger partial charge < -0.3 is 15.7 Å². The third kappa shape index (κ3) is 4.18. The topological polar surface area (TPSA) is 52.7 Å². The van der Waals surface area contributed by atoms with Gasteiger partial charge in [-0.05, 0) is 45.1 Å². The first-order valence-electron chi connectivity index (χ1n) is 7.48. The minimum absolute atomic E-state index is 0.0128. The Morgan fingerprint density at radius 2 is 2.00 bits per heavy atom. The third-order valence-electron chi connectivity index (χ3n) is 4.08. The second kappa shape index (κ2) is 7.07. The number of β-amino-alcohol motifs (C(OH)–C–C–N with tert-alkyl or cyclic N) is 1. The Morgan fingerprint density at radius 1 is 1.38 bits per heavy atom. The van der Waals surface area contributed by atoms with Crippen LogP contribution in [0.1, 0.15) is 24.9 Å².